The van der Waals surface area contributed by atoms with Crippen LogP contribution in [0.15, 0.2) is 4.79 Å². The van der Waals surface area contributed by atoms with Gasteiger partial charge in [-0.15, -0.1) is 23.7 Å². The van der Waals surface area contributed by atoms with E-state index < -0.39 is 0 Å². The van der Waals surface area contributed by atoms with Crippen molar-refractivity contribution in [1.29, 1.82) is 0 Å². The van der Waals surface area contributed by atoms with Gasteiger partial charge in [-0.3, -0.25) is 9.59 Å². The number of hydrogen-bond acceptors (Lipinski definition) is 6. The van der Waals surface area contributed by atoms with Crippen LogP contribution < -0.4 is 16.6 Å². The molecule has 0 saturated carbocycles. The van der Waals surface area contributed by atoms with Crippen molar-refractivity contribution in [3.63, 3.8) is 0 Å². The number of nitrogens with one attached hydrogen (secondary N) is 2. The monoisotopic (exact) mass is 430 g/mol. The lowest BCUT2D eigenvalue weighted by atomic mass is 9.97. The maximum Gasteiger partial charge on any atom is 0.259 e. The number of nitrogens with zero attached hydrogens (tertiary/aromatic N) is 1. The summed E-state index contributed by atoms with van der Waals surface area (Å²) in [5.41, 5.74) is 6.43. The first kappa shape index (κ1) is 22.2. The smallest absolute Gasteiger partial charge is 0.259 e. The van der Waals surface area contributed by atoms with Gasteiger partial charge in [0.1, 0.15) is 10.7 Å². The van der Waals surface area contributed by atoms with Crippen molar-refractivity contribution in [1.82, 2.24) is 15.3 Å². The van der Waals surface area contributed by atoms with Gasteiger partial charge in [0.15, 0.2) is 0 Å². The van der Waals surface area contributed by atoms with Crippen LogP contribution in [0, 0.1) is 0 Å². The molecule has 2 heterocycles. The molecule has 27 heavy (non-hydrogen) atoms. The standard InChI is InChI=1S/C18H26N4O2S2.ClH/c1-18(2,10-19)22-14(23)7-8-25-9-13-20-16(24)15-11-5-3-4-6-12(11)26-17(15)21-13;/h3-10,19H2,1-2H3,(H,22,23)(H,20,21,24);1H. The summed E-state index contributed by atoms with van der Waals surface area (Å²) in [4.78, 5) is 34.2. The van der Waals surface area contributed by atoms with Gasteiger partial charge >= 0.3 is 0 Å². The topological polar surface area (TPSA) is 101 Å². The Morgan fingerprint density at radius 1 is 1.37 bits per heavy atom. The molecule has 3 rings (SSSR count). The Bertz CT molecular complexity index is 863. The first-order chi connectivity index (χ1) is 12.4. The molecule has 0 spiro atoms. The number of thiophene rings is 1. The fraction of sp³-hybridized carbons (Fsp3) is 0.611. The zero-order valence-corrected chi connectivity index (χ0v) is 18.2. The molecule has 1 amide bonds. The number of aryl methyl sites for hydroxylation is 2. The zero-order valence-electron chi connectivity index (χ0n) is 15.7. The third kappa shape index (κ3) is 5.47. The molecule has 0 fully saturated rings. The van der Waals surface area contributed by atoms with Crippen molar-refractivity contribution in [2.24, 2.45) is 5.73 Å². The average Bonchev–Trinajstić information content (AvgIpc) is 2.97. The van der Waals surface area contributed by atoms with E-state index in [0.717, 1.165) is 29.5 Å². The van der Waals surface area contributed by atoms with Crippen molar-refractivity contribution in [2.75, 3.05) is 12.3 Å². The van der Waals surface area contributed by atoms with Crippen LogP contribution >= 0.6 is 35.5 Å². The average molecular weight is 431 g/mol. The zero-order chi connectivity index (χ0) is 18.7. The van der Waals surface area contributed by atoms with Crippen LogP contribution in [0.25, 0.3) is 10.2 Å². The predicted molar refractivity (Wildman–Crippen MR) is 116 cm³/mol. The van der Waals surface area contributed by atoms with E-state index in [4.69, 9.17) is 5.73 Å². The number of fused-ring (bicyclic) bond motifs is 3. The predicted octanol–water partition coefficient (Wildman–Crippen LogP) is 2.76. The van der Waals surface area contributed by atoms with E-state index in [2.05, 4.69) is 15.3 Å². The molecule has 0 aromatic carbocycles. The molecular formula is C18H27ClN4O2S2. The molecule has 9 heteroatoms. The lowest BCUT2D eigenvalue weighted by Crippen LogP contribution is -2.48. The minimum absolute atomic E-state index is 0. The second-order valence-electron chi connectivity index (χ2n) is 7.34. The summed E-state index contributed by atoms with van der Waals surface area (Å²) < 4.78 is 0. The summed E-state index contributed by atoms with van der Waals surface area (Å²) >= 11 is 3.26. The molecular weight excluding hydrogens is 404 g/mol. The minimum atomic E-state index is -0.377. The number of nitrogens with two attached hydrogens (primary N) is 1. The van der Waals surface area contributed by atoms with Crippen LogP contribution in [0.1, 0.15) is 49.4 Å². The van der Waals surface area contributed by atoms with Crippen molar-refractivity contribution >= 4 is 51.6 Å². The third-order valence-electron chi connectivity index (χ3n) is 4.57. The SMILES string of the molecule is CC(C)(CN)NC(=O)CCSCc1nc2sc3c(c2c(=O)[nH]1)CCCC3.Cl. The number of aromatic amines is 1. The molecule has 0 unspecified atom stereocenters. The lowest BCUT2D eigenvalue weighted by Gasteiger charge is -2.24. The summed E-state index contributed by atoms with van der Waals surface area (Å²) in [6.07, 6.45) is 4.83. The summed E-state index contributed by atoms with van der Waals surface area (Å²) in [5.74, 6) is 1.96. The number of H-pyrrole nitrogens is 1. The Hall–Kier alpha value is -1.09. The van der Waals surface area contributed by atoms with Gasteiger partial charge in [-0.1, -0.05) is 0 Å². The Kier molecular flexibility index (Phi) is 7.73. The molecule has 4 N–H and O–H groups in total. The Morgan fingerprint density at radius 3 is 2.85 bits per heavy atom. The highest BCUT2D eigenvalue weighted by Crippen LogP contribution is 2.33. The quantitative estimate of drug-likeness (QED) is 0.586. The van der Waals surface area contributed by atoms with E-state index in [1.807, 2.05) is 13.8 Å². The van der Waals surface area contributed by atoms with Gasteiger partial charge in [-0.25, -0.2) is 4.98 Å². The summed E-state index contributed by atoms with van der Waals surface area (Å²) in [5, 5.41) is 3.71. The van der Waals surface area contributed by atoms with Crippen LogP contribution in [-0.4, -0.2) is 33.7 Å². The van der Waals surface area contributed by atoms with E-state index in [1.54, 1.807) is 23.1 Å². The highest BCUT2D eigenvalue weighted by atomic mass is 35.5. The molecule has 1 aliphatic rings. The first-order valence-electron chi connectivity index (χ1n) is 9.02. The second kappa shape index (κ2) is 9.41. The van der Waals surface area contributed by atoms with Crippen molar-refractivity contribution in [3.05, 3.63) is 26.6 Å². The van der Waals surface area contributed by atoms with Crippen LogP contribution in [0.4, 0.5) is 0 Å². The highest BCUT2D eigenvalue weighted by molar-refractivity contribution is 7.98. The number of amides is 1. The number of rotatable bonds is 7. The highest BCUT2D eigenvalue weighted by Gasteiger charge is 2.20. The van der Waals surface area contributed by atoms with Crippen molar-refractivity contribution in [3.8, 4) is 0 Å². The number of hydrogen-bond donors (Lipinski definition) is 3. The molecule has 0 bridgehead atoms. The number of carbonyl (C=O) groups is 1. The molecule has 150 valence electrons. The molecule has 0 radical (unpaired) electrons. The fourth-order valence-corrected chi connectivity index (χ4v) is 5.19. The fourth-order valence-electron chi connectivity index (χ4n) is 3.10. The number of thioether (sulfide) groups is 1. The van der Waals surface area contributed by atoms with Crippen LogP contribution in [0.2, 0.25) is 0 Å². The van der Waals surface area contributed by atoms with Gasteiger partial charge in [0, 0.05) is 29.1 Å². The van der Waals surface area contributed by atoms with Crippen LogP contribution in [0.5, 0.6) is 0 Å². The molecule has 0 saturated heterocycles. The number of carbonyl (C=O) groups excluding carboxylic acids is 1. The Balaban J connectivity index is 0.00000261. The van der Waals surface area contributed by atoms with Gasteiger partial charge in [0.05, 0.1) is 11.1 Å². The number of halogens is 1. The van der Waals surface area contributed by atoms with E-state index in [-0.39, 0.29) is 29.4 Å². The van der Waals surface area contributed by atoms with Gasteiger partial charge in [-0.05, 0) is 45.1 Å². The van der Waals surface area contributed by atoms with Gasteiger partial charge in [0.2, 0.25) is 5.91 Å². The van der Waals surface area contributed by atoms with Gasteiger partial charge in [-0.2, -0.15) is 11.8 Å². The molecule has 0 aliphatic heterocycles. The Morgan fingerprint density at radius 2 is 2.11 bits per heavy atom. The van der Waals surface area contributed by atoms with Gasteiger partial charge < -0.3 is 16.0 Å². The molecule has 2 aromatic heterocycles. The third-order valence-corrected chi connectivity index (χ3v) is 6.73. The van der Waals surface area contributed by atoms with Crippen molar-refractivity contribution < 1.29 is 4.79 Å². The molecule has 2 aromatic rings. The van der Waals surface area contributed by atoms with Gasteiger partial charge in [0.25, 0.3) is 5.56 Å². The van der Waals surface area contributed by atoms with Crippen LogP contribution in [0.3, 0.4) is 0 Å². The van der Waals surface area contributed by atoms with Crippen LogP contribution in [-0.2, 0) is 23.4 Å². The largest absolute Gasteiger partial charge is 0.350 e. The second-order valence-corrected chi connectivity index (χ2v) is 9.53. The van der Waals surface area contributed by atoms with Crippen molar-refractivity contribution in [2.45, 2.75) is 57.2 Å². The van der Waals surface area contributed by atoms with E-state index >= 15 is 0 Å². The summed E-state index contributed by atoms with van der Waals surface area (Å²) in [6, 6.07) is 0. The maximum absolute atomic E-state index is 12.5. The normalized spacial score (nSPS) is 13.9. The molecule has 0 atom stereocenters. The maximum atomic E-state index is 12.5. The summed E-state index contributed by atoms with van der Waals surface area (Å²) in [6.45, 7) is 4.22. The lowest BCUT2D eigenvalue weighted by molar-refractivity contribution is -0.122. The van der Waals surface area contributed by atoms with E-state index in [9.17, 15) is 9.59 Å². The van der Waals surface area contributed by atoms with E-state index in [1.165, 1.54) is 16.9 Å². The van der Waals surface area contributed by atoms with E-state index in [0.29, 0.717) is 30.3 Å². The number of aromatic nitrogens is 2. The molecule has 1 aliphatic carbocycles. The molecule has 6 nitrogen and oxygen atoms in total. The first-order valence-corrected chi connectivity index (χ1v) is 11.0. The Labute approximate surface area is 173 Å². The summed E-state index contributed by atoms with van der Waals surface area (Å²) in [7, 11) is 0. The minimum Gasteiger partial charge on any atom is -0.350 e.